The molecular weight excluding hydrogens is 264 g/mol. The van der Waals surface area contributed by atoms with Crippen LogP contribution in [0.4, 0.5) is 0 Å². The van der Waals surface area contributed by atoms with Gasteiger partial charge in [-0.1, -0.05) is 18.6 Å². The number of nitrogens with zero attached hydrogens (tertiary/aromatic N) is 1. The number of rotatable bonds is 7. The van der Waals surface area contributed by atoms with Crippen LogP contribution in [0.5, 0.6) is 0 Å². The van der Waals surface area contributed by atoms with Crippen molar-refractivity contribution in [3.8, 4) is 0 Å². The van der Waals surface area contributed by atoms with Crippen molar-refractivity contribution in [2.75, 3.05) is 32.4 Å². The van der Waals surface area contributed by atoms with Crippen molar-refractivity contribution in [3.63, 3.8) is 0 Å². The summed E-state index contributed by atoms with van der Waals surface area (Å²) in [6.07, 6.45) is 7.60. The minimum atomic E-state index is 0.451. The van der Waals surface area contributed by atoms with Crippen LogP contribution in [0.2, 0.25) is 0 Å². The Labute approximate surface area is 128 Å². The standard InChI is InChI=1S/C17H28N2S/c1-15(16-7-9-17(20-2)10-8-16)18-11-6-14-19-12-4-3-5-13-19/h7-10,15,18H,3-6,11-14H2,1-2H3. The fourth-order valence-electron chi connectivity index (χ4n) is 2.81. The molecular formula is C17H28N2S. The van der Waals surface area contributed by atoms with Gasteiger partial charge in [-0.15, -0.1) is 11.8 Å². The molecule has 0 aromatic heterocycles. The second-order valence-electron chi connectivity index (χ2n) is 5.70. The third-order valence-corrected chi connectivity index (χ3v) is 4.91. The summed E-state index contributed by atoms with van der Waals surface area (Å²) in [5.41, 5.74) is 1.39. The molecule has 1 aromatic rings. The monoisotopic (exact) mass is 292 g/mol. The number of thioether (sulfide) groups is 1. The Morgan fingerprint density at radius 2 is 1.85 bits per heavy atom. The summed E-state index contributed by atoms with van der Waals surface area (Å²) < 4.78 is 0. The molecule has 1 heterocycles. The van der Waals surface area contributed by atoms with Gasteiger partial charge in [0.2, 0.25) is 0 Å². The smallest absolute Gasteiger partial charge is 0.0291 e. The van der Waals surface area contributed by atoms with Crippen molar-refractivity contribution in [1.29, 1.82) is 0 Å². The van der Waals surface area contributed by atoms with Crippen LogP contribution >= 0.6 is 11.8 Å². The van der Waals surface area contributed by atoms with E-state index in [2.05, 4.69) is 47.7 Å². The molecule has 0 radical (unpaired) electrons. The molecule has 112 valence electrons. The van der Waals surface area contributed by atoms with Crippen molar-refractivity contribution in [3.05, 3.63) is 29.8 Å². The molecule has 1 atom stereocenters. The molecule has 1 N–H and O–H groups in total. The quantitative estimate of drug-likeness (QED) is 0.605. The van der Waals surface area contributed by atoms with Gasteiger partial charge in [0.05, 0.1) is 0 Å². The number of hydrogen-bond donors (Lipinski definition) is 1. The van der Waals surface area contributed by atoms with Gasteiger partial charge in [0.25, 0.3) is 0 Å². The van der Waals surface area contributed by atoms with E-state index in [-0.39, 0.29) is 0 Å². The van der Waals surface area contributed by atoms with E-state index in [0.717, 1.165) is 6.54 Å². The SMILES string of the molecule is CSc1ccc(C(C)NCCCN2CCCCC2)cc1. The molecule has 3 heteroatoms. The second kappa shape index (κ2) is 8.71. The van der Waals surface area contributed by atoms with Gasteiger partial charge < -0.3 is 10.2 Å². The number of hydrogen-bond acceptors (Lipinski definition) is 3. The molecule has 0 bridgehead atoms. The topological polar surface area (TPSA) is 15.3 Å². The summed E-state index contributed by atoms with van der Waals surface area (Å²) >= 11 is 1.80. The van der Waals surface area contributed by atoms with Crippen LogP contribution in [0.25, 0.3) is 0 Å². The van der Waals surface area contributed by atoms with Gasteiger partial charge in [0, 0.05) is 10.9 Å². The molecule has 1 aliphatic heterocycles. The van der Waals surface area contributed by atoms with Gasteiger partial charge in [-0.2, -0.15) is 0 Å². The van der Waals surface area contributed by atoms with Crippen LogP contribution in [0.1, 0.15) is 44.2 Å². The average molecular weight is 292 g/mol. The summed E-state index contributed by atoms with van der Waals surface area (Å²) in [5.74, 6) is 0. The molecule has 0 amide bonds. The van der Waals surface area contributed by atoms with E-state index in [1.54, 1.807) is 11.8 Å². The van der Waals surface area contributed by atoms with E-state index in [9.17, 15) is 0 Å². The fraction of sp³-hybridized carbons (Fsp3) is 0.647. The van der Waals surface area contributed by atoms with Gasteiger partial charge in [0.15, 0.2) is 0 Å². The summed E-state index contributed by atoms with van der Waals surface area (Å²) in [6.45, 7) is 7.25. The highest BCUT2D eigenvalue weighted by molar-refractivity contribution is 7.98. The van der Waals surface area contributed by atoms with Gasteiger partial charge in [-0.25, -0.2) is 0 Å². The Morgan fingerprint density at radius 1 is 1.15 bits per heavy atom. The summed E-state index contributed by atoms with van der Waals surface area (Å²) in [5, 5.41) is 3.64. The number of benzene rings is 1. The van der Waals surface area contributed by atoms with Crippen LogP contribution in [0.3, 0.4) is 0 Å². The van der Waals surface area contributed by atoms with Crippen molar-refractivity contribution in [2.24, 2.45) is 0 Å². The van der Waals surface area contributed by atoms with E-state index < -0.39 is 0 Å². The maximum absolute atomic E-state index is 3.64. The molecule has 1 unspecified atom stereocenters. The zero-order valence-electron chi connectivity index (χ0n) is 12.9. The lowest BCUT2D eigenvalue weighted by atomic mass is 10.1. The largest absolute Gasteiger partial charge is 0.310 e. The van der Waals surface area contributed by atoms with Crippen molar-refractivity contribution in [2.45, 2.75) is 43.5 Å². The predicted molar refractivity (Wildman–Crippen MR) is 89.5 cm³/mol. The van der Waals surface area contributed by atoms with Gasteiger partial charge in [0.1, 0.15) is 0 Å². The van der Waals surface area contributed by atoms with Crippen LogP contribution in [0.15, 0.2) is 29.2 Å². The van der Waals surface area contributed by atoms with Gasteiger partial charge in [-0.05, 0) is 76.3 Å². The van der Waals surface area contributed by atoms with Crippen LogP contribution in [-0.2, 0) is 0 Å². The normalized spacial score (nSPS) is 18.1. The van der Waals surface area contributed by atoms with E-state index in [1.165, 1.54) is 55.8 Å². The third-order valence-electron chi connectivity index (χ3n) is 4.17. The predicted octanol–water partition coefficient (Wildman–Crippen LogP) is 3.94. The second-order valence-corrected chi connectivity index (χ2v) is 6.58. The van der Waals surface area contributed by atoms with Crippen LogP contribution in [0, 0.1) is 0 Å². The first-order chi connectivity index (χ1) is 9.79. The first kappa shape index (κ1) is 15.9. The fourth-order valence-corrected chi connectivity index (χ4v) is 3.22. The Morgan fingerprint density at radius 3 is 2.50 bits per heavy atom. The molecule has 1 fully saturated rings. The van der Waals surface area contributed by atoms with Crippen molar-refractivity contribution in [1.82, 2.24) is 10.2 Å². The highest BCUT2D eigenvalue weighted by Crippen LogP contribution is 2.18. The van der Waals surface area contributed by atoms with Crippen LogP contribution < -0.4 is 5.32 Å². The molecule has 0 spiro atoms. The maximum Gasteiger partial charge on any atom is 0.0291 e. The lowest BCUT2D eigenvalue weighted by Gasteiger charge is -2.26. The lowest BCUT2D eigenvalue weighted by Crippen LogP contribution is -2.32. The summed E-state index contributed by atoms with van der Waals surface area (Å²) in [7, 11) is 0. The van der Waals surface area contributed by atoms with E-state index >= 15 is 0 Å². The number of likely N-dealkylation sites (tertiary alicyclic amines) is 1. The van der Waals surface area contributed by atoms with Crippen LogP contribution in [-0.4, -0.2) is 37.3 Å². The molecule has 0 aliphatic carbocycles. The zero-order chi connectivity index (χ0) is 14.2. The molecule has 0 saturated carbocycles. The molecule has 20 heavy (non-hydrogen) atoms. The minimum absolute atomic E-state index is 0.451. The molecule has 1 aliphatic rings. The third kappa shape index (κ3) is 5.12. The average Bonchev–Trinajstić information content (AvgIpc) is 2.52. The molecule has 2 rings (SSSR count). The molecule has 2 nitrogen and oxygen atoms in total. The Bertz CT molecular complexity index is 371. The number of nitrogens with one attached hydrogen (secondary N) is 1. The Hall–Kier alpha value is -0.510. The van der Waals surface area contributed by atoms with Crippen molar-refractivity contribution < 1.29 is 0 Å². The first-order valence-corrected chi connectivity index (χ1v) is 9.12. The van der Waals surface area contributed by atoms with E-state index in [0.29, 0.717) is 6.04 Å². The molecule has 1 saturated heterocycles. The lowest BCUT2D eigenvalue weighted by molar-refractivity contribution is 0.225. The number of piperidine rings is 1. The molecule has 1 aromatic carbocycles. The van der Waals surface area contributed by atoms with Gasteiger partial charge >= 0.3 is 0 Å². The summed E-state index contributed by atoms with van der Waals surface area (Å²) in [6, 6.07) is 9.37. The summed E-state index contributed by atoms with van der Waals surface area (Å²) in [4.78, 5) is 3.95. The zero-order valence-corrected chi connectivity index (χ0v) is 13.7. The van der Waals surface area contributed by atoms with Crippen molar-refractivity contribution >= 4 is 11.8 Å². The maximum atomic E-state index is 3.64. The highest BCUT2D eigenvalue weighted by atomic mass is 32.2. The van der Waals surface area contributed by atoms with E-state index in [4.69, 9.17) is 0 Å². The minimum Gasteiger partial charge on any atom is -0.310 e. The van der Waals surface area contributed by atoms with E-state index in [1.807, 2.05) is 0 Å². The van der Waals surface area contributed by atoms with Gasteiger partial charge in [-0.3, -0.25) is 0 Å². The highest BCUT2D eigenvalue weighted by Gasteiger charge is 2.09. The Kier molecular flexibility index (Phi) is 6.91. The Balaban J connectivity index is 1.64. The first-order valence-electron chi connectivity index (χ1n) is 7.89.